The van der Waals surface area contributed by atoms with Crippen molar-refractivity contribution < 1.29 is 31.6 Å². The summed E-state index contributed by atoms with van der Waals surface area (Å²) in [5.74, 6) is -0.0559. The predicted molar refractivity (Wildman–Crippen MR) is 103 cm³/mol. The smallest absolute Gasteiger partial charge is 0.394 e. The lowest BCUT2D eigenvalue weighted by Gasteiger charge is -2.28. The number of aromatic nitrogens is 2. The minimum Gasteiger partial charge on any atom is -0.496 e. The van der Waals surface area contributed by atoms with Crippen LogP contribution in [-0.2, 0) is 29.0 Å². The zero-order chi connectivity index (χ0) is 24.9. The highest BCUT2D eigenvalue weighted by Gasteiger charge is 2.47. The number of nitrogens with zero attached hydrogens (tertiary/aromatic N) is 2. The van der Waals surface area contributed by atoms with Crippen LogP contribution in [0.3, 0.4) is 0 Å². The highest BCUT2D eigenvalue weighted by molar-refractivity contribution is 6.33. The van der Waals surface area contributed by atoms with E-state index in [1.807, 2.05) is 13.8 Å². The fourth-order valence-electron chi connectivity index (χ4n) is 2.77. The van der Waals surface area contributed by atoms with Gasteiger partial charge in [0.25, 0.3) is 0 Å². The highest BCUT2D eigenvalue weighted by atomic mass is 35.5. The summed E-state index contributed by atoms with van der Waals surface area (Å²) in [6.45, 7) is 6.42. The van der Waals surface area contributed by atoms with Gasteiger partial charge in [0.2, 0.25) is 0 Å². The Hall–Kier alpha value is -2.31. The topological polar surface area (TPSA) is 61.2 Å². The van der Waals surface area contributed by atoms with Gasteiger partial charge in [-0.3, -0.25) is 4.68 Å². The van der Waals surface area contributed by atoms with Gasteiger partial charge >= 0.3 is 12.3 Å². The third-order valence-corrected chi connectivity index (χ3v) is 4.82. The standard InChI is InChI=1S/C19H24ClF3N2O.CO2/c1-6-14-16(20)17(25(7-2)24-14)13-9-8-12(10-15(13)26-5)11-18(3,4)19(21,22)23;2-1-3/h8-10H,6-7,11H2,1-5H3;/i5D3;. The summed E-state index contributed by atoms with van der Waals surface area (Å²) in [4.78, 5) is 16.2. The Morgan fingerprint density at radius 1 is 1.28 bits per heavy atom. The molecule has 0 spiro atoms. The van der Waals surface area contributed by atoms with Crippen molar-refractivity contribution in [3.8, 4) is 17.0 Å². The second-order valence-electron chi connectivity index (χ2n) is 6.85. The second kappa shape index (κ2) is 9.94. The maximum Gasteiger partial charge on any atom is 0.394 e. The molecule has 1 aromatic carbocycles. The molecule has 0 N–H and O–H groups in total. The van der Waals surface area contributed by atoms with Crippen molar-refractivity contribution in [1.29, 1.82) is 0 Å². The maximum absolute atomic E-state index is 13.3. The lowest BCUT2D eigenvalue weighted by Crippen LogP contribution is -2.34. The fraction of sp³-hybridized carbons (Fsp3) is 0.500. The van der Waals surface area contributed by atoms with Crippen LogP contribution in [0.15, 0.2) is 18.2 Å². The second-order valence-corrected chi connectivity index (χ2v) is 7.23. The summed E-state index contributed by atoms with van der Waals surface area (Å²) in [6, 6.07) is 4.41. The molecule has 0 radical (unpaired) electrons. The molecule has 2 aromatic rings. The molecule has 0 unspecified atom stereocenters. The van der Waals surface area contributed by atoms with Gasteiger partial charge in [-0.15, -0.1) is 0 Å². The van der Waals surface area contributed by atoms with Crippen molar-refractivity contribution in [2.75, 3.05) is 7.04 Å². The van der Waals surface area contributed by atoms with Crippen LogP contribution in [-0.4, -0.2) is 29.1 Å². The van der Waals surface area contributed by atoms with Gasteiger partial charge in [0.15, 0.2) is 0 Å². The molecular weight excluding hydrogens is 409 g/mol. The third kappa shape index (κ3) is 5.61. The zero-order valence-electron chi connectivity index (χ0n) is 19.5. The molecule has 0 fully saturated rings. The van der Waals surface area contributed by atoms with E-state index in [-0.39, 0.29) is 18.3 Å². The summed E-state index contributed by atoms with van der Waals surface area (Å²) < 4.78 is 68.9. The van der Waals surface area contributed by atoms with Crippen LogP contribution >= 0.6 is 11.6 Å². The molecule has 29 heavy (non-hydrogen) atoms. The molecule has 9 heteroatoms. The Morgan fingerprint density at radius 2 is 1.90 bits per heavy atom. The predicted octanol–water partition coefficient (Wildman–Crippen LogP) is 5.34. The number of benzene rings is 1. The van der Waals surface area contributed by atoms with Gasteiger partial charge in [-0.1, -0.05) is 38.4 Å². The number of alkyl halides is 3. The van der Waals surface area contributed by atoms with E-state index >= 15 is 0 Å². The summed E-state index contributed by atoms with van der Waals surface area (Å²) in [5.41, 5.74) is -0.180. The van der Waals surface area contributed by atoms with E-state index in [0.717, 1.165) is 13.8 Å². The molecule has 5 nitrogen and oxygen atoms in total. The normalized spacial score (nSPS) is 13.4. The molecule has 0 aliphatic heterocycles. The van der Waals surface area contributed by atoms with Crippen LogP contribution in [0.1, 0.15) is 43.1 Å². The van der Waals surface area contributed by atoms with Crippen LogP contribution in [0.5, 0.6) is 5.75 Å². The van der Waals surface area contributed by atoms with Crippen molar-refractivity contribution >= 4 is 17.8 Å². The molecule has 0 saturated heterocycles. The van der Waals surface area contributed by atoms with E-state index in [9.17, 15) is 13.2 Å². The number of carbonyl (C=O) groups excluding carboxylic acids is 2. The average Bonchev–Trinajstić information content (AvgIpc) is 2.96. The summed E-state index contributed by atoms with van der Waals surface area (Å²) in [5, 5.41) is 4.78. The minimum atomic E-state index is -4.41. The first kappa shape index (κ1) is 20.0. The molecule has 2 rings (SSSR count). The van der Waals surface area contributed by atoms with Gasteiger partial charge in [0.1, 0.15) is 5.75 Å². The number of ether oxygens (including phenoxy) is 1. The highest BCUT2D eigenvalue weighted by Crippen LogP contribution is 2.42. The Labute approximate surface area is 177 Å². The quantitative estimate of drug-likeness (QED) is 0.614. The van der Waals surface area contributed by atoms with E-state index in [1.54, 1.807) is 4.68 Å². The van der Waals surface area contributed by atoms with Crippen molar-refractivity contribution in [3.05, 3.63) is 34.5 Å². The Balaban J connectivity index is 0.00000161. The molecule has 0 amide bonds. The van der Waals surface area contributed by atoms with E-state index < -0.39 is 18.6 Å². The van der Waals surface area contributed by atoms with Crippen molar-refractivity contribution in [1.82, 2.24) is 9.78 Å². The molecule has 1 heterocycles. The number of hydrogen-bond donors (Lipinski definition) is 0. The zero-order valence-corrected chi connectivity index (χ0v) is 17.2. The van der Waals surface area contributed by atoms with Crippen molar-refractivity contribution in [2.45, 2.75) is 53.3 Å². The van der Waals surface area contributed by atoms with Crippen LogP contribution in [0.4, 0.5) is 13.2 Å². The van der Waals surface area contributed by atoms with Crippen molar-refractivity contribution in [2.24, 2.45) is 5.41 Å². The summed E-state index contributed by atoms with van der Waals surface area (Å²) in [7, 11) is -2.77. The maximum atomic E-state index is 13.3. The van der Waals surface area contributed by atoms with Gasteiger partial charge in [-0.05, 0) is 37.5 Å². The molecule has 160 valence electrons. The van der Waals surface area contributed by atoms with Gasteiger partial charge in [0.05, 0.1) is 33.0 Å². The molecule has 0 atom stereocenters. The summed E-state index contributed by atoms with van der Waals surface area (Å²) in [6.07, 6.45) is -3.90. The van der Waals surface area contributed by atoms with Crippen LogP contribution in [0.25, 0.3) is 11.3 Å². The first-order chi connectivity index (χ1) is 14.6. The molecule has 1 aromatic heterocycles. The lowest BCUT2D eigenvalue weighted by molar-refractivity contribution is -0.211. The van der Waals surface area contributed by atoms with Gasteiger partial charge in [0, 0.05) is 12.1 Å². The van der Waals surface area contributed by atoms with E-state index in [2.05, 4.69) is 5.10 Å². The van der Waals surface area contributed by atoms with Crippen LogP contribution in [0, 0.1) is 5.41 Å². The number of methoxy groups -OCH3 is 1. The number of rotatable bonds is 6. The van der Waals surface area contributed by atoms with Gasteiger partial charge < -0.3 is 4.74 Å². The molecule has 0 saturated carbocycles. The Morgan fingerprint density at radius 3 is 2.38 bits per heavy atom. The van der Waals surface area contributed by atoms with E-state index in [1.165, 1.54) is 18.2 Å². The Kier molecular flexibility index (Phi) is 6.85. The first-order valence-corrected chi connectivity index (χ1v) is 9.13. The monoisotopic (exact) mass is 435 g/mol. The summed E-state index contributed by atoms with van der Waals surface area (Å²) >= 11 is 6.46. The van der Waals surface area contributed by atoms with Crippen LogP contribution in [0.2, 0.25) is 5.02 Å². The van der Waals surface area contributed by atoms with Crippen LogP contribution < -0.4 is 4.74 Å². The fourth-order valence-corrected chi connectivity index (χ4v) is 3.14. The third-order valence-electron chi connectivity index (χ3n) is 4.42. The molecule has 0 bridgehead atoms. The SMILES string of the molecule is O=C=O.[2H]C([2H])([2H])Oc1cc(CC(C)(C)C(F)(F)F)ccc1-c1c(Cl)c(CC)nn1CC. The number of aryl methyl sites for hydroxylation is 2. The number of halogens is 4. The number of hydrogen-bond acceptors (Lipinski definition) is 4. The average molecular weight is 436 g/mol. The van der Waals surface area contributed by atoms with Gasteiger partial charge in [-0.2, -0.15) is 27.9 Å². The lowest BCUT2D eigenvalue weighted by atomic mass is 9.84. The Bertz CT molecular complexity index is 967. The first-order valence-electron chi connectivity index (χ1n) is 10.2. The largest absolute Gasteiger partial charge is 0.496 e. The van der Waals surface area contributed by atoms with E-state index in [4.69, 9.17) is 30.0 Å². The minimum absolute atomic E-state index is 0.0559. The molecule has 0 aliphatic carbocycles. The van der Waals surface area contributed by atoms with Crippen molar-refractivity contribution in [3.63, 3.8) is 0 Å². The molecular formula is C20H24ClF3N2O3. The molecule has 0 aliphatic rings. The van der Waals surface area contributed by atoms with E-state index in [0.29, 0.717) is 40.5 Å². The van der Waals surface area contributed by atoms with Gasteiger partial charge in [-0.25, -0.2) is 0 Å².